The number of hydrogen-bond donors (Lipinski definition) is 1. The van der Waals surface area contributed by atoms with E-state index in [1.807, 2.05) is 56.3 Å². The van der Waals surface area contributed by atoms with Crippen LogP contribution in [0.2, 0.25) is 0 Å². The van der Waals surface area contributed by atoms with Gasteiger partial charge in [0.25, 0.3) is 5.91 Å². The van der Waals surface area contributed by atoms with Gasteiger partial charge in [-0.1, -0.05) is 30.3 Å². The van der Waals surface area contributed by atoms with E-state index in [2.05, 4.69) is 10.4 Å². The molecule has 0 unspecified atom stereocenters. The predicted octanol–water partition coefficient (Wildman–Crippen LogP) is 3.27. The number of thioether (sulfide) groups is 1. The van der Waals surface area contributed by atoms with Gasteiger partial charge in [0.15, 0.2) is 5.17 Å². The maximum atomic E-state index is 13.9. The number of aryl methyl sites for hydroxylation is 2. The standard InChI is InChI=1S/C24H26N4O4S/c1-15-8-5-10-19(14-15)32-13-7-12-27-21-16(2)9-6-11-20(21)24(22(27)31)28(18(4)30)26-23(33-24)25-17(3)29/h5-6,8-11,14H,7,12-13H2,1-4H3,(H,25,26,29)/t24-/m0/s1. The quantitative estimate of drug-likeness (QED) is 0.683. The van der Waals surface area contributed by atoms with Gasteiger partial charge < -0.3 is 15.0 Å². The number of ether oxygens (including phenoxy) is 1. The maximum Gasteiger partial charge on any atom is 0.270 e. The van der Waals surface area contributed by atoms with E-state index in [-0.39, 0.29) is 22.9 Å². The zero-order valence-electron chi connectivity index (χ0n) is 19.0. The average molecular weight is 467 g/mol. The molecule has 2 aromatic rings. The number of amidine groups is 1. The van der Waals surface area contributed by atoms with Crippen molar-refractivity contribution < 1.29 is 19.1 Å². The Bertz CT molecular complexity index is 1160. The molecule has 3 amide bonds. The highest BCUT2D eigenvalue weighted by molar-refractivity contribution is 8.15. The summed E-state index contributed by atoms with van der Waals surface area (Å²) in [7, 11) is 0. The van der Waals surface area contributed by atoms with E-state index < -0.39 is 4.87 Å². The molecule has 2 heterocycles. The zero-order chi connectivity index (χ0) is 23.8. The van der Waals surface area contributed by atoms with Crippen molar-refractivity contribution in [2.24, 2.45) is 5.10 Å². The number of para-hydroxylation sites is 1. The monoisotopic (exact) mass is 466 g/mol. The topological polar surface area (TPSA) is 91.3 Å². The predicted molar refractivity (Wildman–Crippen MR) is 128 cm³/mol. The Morgan fingerprint density at radius 2 is 1.91 bits per heavy atom. The summed E-state index contributed by atoms with van der Waals surface area (Å²) in [4.78, 5) is 38.4. The second-order valence-electron chi connectivity index (χ2n) is 8.11. The van der Waals surface area contributed by atoms with Crippen molar-refractivity contribution in [3.05, 3.63) is 59.2 Å². The van der Waals surface area contributed by atoms with Gasteiger partial charge in [-0.15, -0.1) is 5.10 Å². The summed E-state index contributed by atoms with van der Waals surface area (Å²) in [5.41, 5.74) is 3.51. The molecule has 1 N–H and O–H groups in total. The van der Waals surface area contributed by atoms with Gasteiger partial charge in [-0.3, -0.25) is 14.4 Å². The van der Waals surface area contributed by atoms with Crippen LogP contribution in [0.25, 0.3) is 0 Å². The van der Waals surface area contributed by atoms with Crippen LogP contribution in [0, 0.1) is 13.8 Å². The lowest BCUT2D eigenvalue weighted by Gasteiger charge is -2.29. The second-order valence-corrected chi connectivity index (χ2v) is 9.29. The lowest BCUT2D eigenvalue weighted by atomic mass is 10.0. The third-order valence-corrected chi connectivity index (χ3v) is 6.75. The molecule has 0 saturated carbocycles. The number of hydrogen-bond acceptors (Lipinski definition) is 6. The van der Waals surface area contributed by atoms with Crippen molar-refractivity contribution in [3.8, 4) is 5.75 Å². The molecule has 2 aromatic carbocycles. The minimum absolute atomic E-state index is 0.225. The molecule has 4 rings (SSSR count). The van der Waals surface area contributed by atoms with Gasteiger partial charge in [-0.05, 0) is 55.3 Å². The number of fused-ring (bicyclic) bond motifs is 2. The molecule has 0 saturated heterocycles. The molecule has 1 spiro atoms. The number of hydrazone groups is 1. The fourth-order valence-corrected chi connectivity index (χ4v) is 5.51. The molecule has 0 aromatic heterocycles. The van der Waals surface area contributed by atoms with Crippen molar-refractivity contribution in [1.29, 1.82) is 0 Å². The Hall–Kier alpha value is -3.33. The summed E-state index contributed by atoms with van der Waals surface area (Å²) < 4.78 is 5.86. The Morgan fingerprint density at radius 3 is 2.61 bits per heavy atom. The number of nitrogens with zero attached hydrogens (tertiary/aromatic N) is 3. The van der Waals surface area contributed by atoms with Gasteiger partial charge in [-0.2, -0.15) is 5.01 Å². The van der Waals surface area contributed by atoms with Crippen LogP contribution in [0.15, 0.2) is 47.6 Å². The minimum Gasteiger partial charge on any atom is -0.494 e. The van der Waals surface area contributed by atoms with E-state index in [9.17, 15) is 14.4 Å². The fraction of sp³-hybridized carbons (Fsp3) is 0.333. The maximum absolute atomic E-state index is 13.9. The summed E-state index contributed by atoms with van der Waals surface area (Å²) in [5.74, 6) is -0.167. The Kier molecular flexibility index (Phi) is 6.16. The van der Waals surface area contributed by atoms with Gasteiger partial charge >= 0.3 is 0 Å². The summed E-state index contributed by atoms with van der Waals surface area (Å²) in [6, 6.07) is 13.5. The molecule has 33 heavy (non-hydrogen) atoms. The summed E-state index contributed by atoms with van der Waals surface area (Å²) >= 11 is 1.09. The van der Waals surface area contributed by atoms with Crippen molar-refractivity contribution in [1.82, 2.24) is 10.3 Å². The third-order valence-electron chi connectivity index (χ3n) is 5.51. The first-order valence-electron chi connectivity index (χ1n) is 10.7. The molecule has 172 valence electrons. The van der Waals surface area contributed by atoms with Crippen molar-refractivity contribution >= 4 is 40.3 Å². The van der Waals surface area contributed by atoms with Crippen LogP contribution in [0.3, 0.4) is 0 Å². The first-order chi connectivity index (χ1) is 15.7. The van der Waals surface area contributed by atoms with Crippen LogP contribution >= 0.6 is 11.8 Å². The SMILES string of the molecule is CC(=O)NC1=NN(C(C)=O)[C@@]2(S1)C(=O)N(CCCOc1cccc(C)c1)c1c(C)cccc12. The number of rotatable bonds is 5. The first-order valence-corrected chi connectivity index (χ1v) is 11.5. The molecular weight excluding hydrogens is 440 g/mol. The highest BCUT2D eigenvalue weighted by atomic mass is 32.2. The van der Waals surface area contributed by atoms with Gasteiger partial charge in [0, 0.05) is 26.0 Å². The molecule has 0 aliphatic carbocycles. The summed E-state index contributed by atoms with van der Waals surface area (Å²) in [6.45, 7) is 7.54. The zero-order valence-corrected chi connectivity index (χ0v) is 19.9. The highest BCUT2D eigenvalue weighted by Crippen LogP contribution is 2.55. The van der Waals surface area contributed by atoms with Crippen molar-refractivity contribution in [2.75, 3.05) is 18.1 Å². The van der Waals surface area contributed by atoms with Crippen LogP contribution in [0.4, 0.5) is 5.69 Å². The Labute approximate surface area is 197 Å². The van der Waals surface area contributed by atoms with E-state index in [0.717, 1.165) is 34.3 Å². The van der Waals surface area contributed by atoms with Crippen molar-refractivity contribution in [2.45, 2.75) is 39.0 Å². The largest absolute Gasteiger partial charge is 0.494 e. The van der Waals surface area contributed by atoms with Gasteiger partial charge in [-0.25, -0.2) is 0 Å². The van der Waals surface area contributed by atoms with Gasteiger partial charge in [0.2, 0.25) is 16.7 Å². The summed E-state index contributed by atoms with van der Waals surface area (Å²) in [5, 5.41) is 8.32. The number of carbonyl (C=O) groups excluding carboxylic acids is 3. The van der Waals surface area contributed by atoms with Gasteiger partial charge in [0.05, 0.1) is 12.3 Å². The smallest absolute Gasteiger partial charge is 0.270 e. The van der Waals surface area contributed by atoms with Crippen LogP contribution in [0.1, 0.15) is 37.0 Å². The van der Waals surface area contributed by atoms with E-state index in [1.54, 1.807) is 4.90 Å². The third kappa shape index (κ3) is 4.08. The fourth-order valence-electron chi connectivity index (χ4n) is 4.18. The average Bonchev–Trinajstić information content (AvgIpc) is 3.23. The number of benzene rings is 2. The Morgan fingerprint density at radius 1 is 1.15 bits per heavy atom. The summed E-state index contributed by atoms with van der Waals surface area (Å²) in [6.07, 6.45) is 0.605. The number of carbonyl (C=O) groups is 3. The molecule has 1 atom stereocenters. The molecular formula is C24H26N4O4S. The van der Waals surface area contributed by atoms with E-state index in [1.165, 1.54) is 18.9 Å². The van der Waals surface area contributed by atoms with E-state index in [4.69, 9.17) is 4.74 Å². The lowest BCUT2D eigenvalue weighted by Crippen LogP contribution is -2.48. The number of nitrogens with one attached hydrogen (secondary N) is 1. The number of amides is 3. The Balaban J connectivity index is 1.60. The van der Waals surface area contributed by atoms with Crippen LogP contribution in [-0.4, -0.2) is 41.0 Å². The number of anilines is 1. The molecule has 0 bridgehead atoms. The first kappa shape index (κ1) is 22.8. The molecule has 2 aliphatic rings. The molecule has 2 aliphatic heterocycles. The molecule has 0 fully saturated rings. The second kappa shape index (κ2) is 8.90. The van der Waals surface area contributed by atoms with E-state index >= 15 is 0 Å². The lowest BCUT2D eigenvalue weighted by molar-refractivity contribution is -0.139. The molecule has 8 nitrogen and oxygen atoms in total. The van der Waals surface area contributed by atoms with Crippen LogP contribution in [0.5, 0.6) is 5.75 Å². The van der Waals surface area contributed by atoms with Gasteiger partial charge in [0.1, 0.15) is 5.75 Å². The minimum atomic E-state index is -1.37. The van der Waals surface area contributed by atoms with Crippen molar-refractivity contribution in [3.63, 3.8) is 0 Å². The van der Waals surface area contributed by atoms with Crippen LogP contribution < -0.4 is 15.0 Å². The van der Waals surface area contributed by atoms with Crippen LogP contribution in [-0.2, 0) is 19.3 Å². The molecule has 9 heteroatoms. The molecule has 0 radical (unpaired) electrons. The van der Waals surface area contributed by atoms with E-state index in [0.29, 0.717) is 25.1 Å². The normalized spacial score (nSPS) is 19.0. The highest BCUT2D eigenvalue weighted by Gasteiger charge is 2.61.